The summed E-state index contributed by atoms with van der Waals surface area (Å²) in [6.07, 6.45) is -4.39. The zero-order valence-corrected chi connectivity index (χ0v) is 13.7. The molecule has 2 aromatic rings. The Hall–Kier alpha value is -2.83. The highest BCUT2D eigenvalue weighted by Gasteiger charge is 2.29. The van der Waals surface area contributed by atoms with Crippen molar-refractivity contribution >= 4 is 11.8 Å². The molecule has 0 aliphatic carbocycles. The van der Waals surface area contributed by atoms with Crippen LogP contribution in [0, 0.1) is 0 Å². The number of halogens is 3. The maximum Gasteiger partial charge on any atom is 0.416 e. The number of nitrogens with zero attached hydrogens (tertiary/aromatic N) is 1. The molecule has 0 heterocycles. The van der Waals surface area contributed by atoms with Crippen molar-refractivity contribution < 1.29 is 22.8 Å². The molecule has 2 amide bonds. The van der Waals surface area contributed by atoms with Gasteiger partial charge in [-0.05, 0) is 35.4 Å². The molecule has 0 saturated carbocycles. The molecule has 7 heteroatoms. The number of benzene rings is 2. The highest BCUT2D eigenvalue weighted by molar-refractivity contribution is 5.97. The van der Waals surface area contributed by atoms with Crippen molar-refractivity contribution in [2.24, 2.45) is 0 Å². The number of amides is 2. The first-order chi connectivity index (χ1) is 11.7. The molecule has 0 fully saturated rings. The van der Waals surface area contributed by atoms with Crippen LogP contribution in [0.2, 0.25) is 0 Å². The lowest BCUT2D eigenvalue weighted by molar-refractivity contribution is -0.137. The van der Waals surface area contributed by atoms with Crippen LogP contribution in [0.15, 0.2) is 48.5 Å². The van der Waals surface area contributed by atoms with Crippen molar-refractivity contribution in [3.8, 4) is 11.1 Å². The van der Waals surface area contributed by atoms with Crippen LogP contribution in [0.5, 0.6) is 0 Å². The molecule has 132 valence electrons. The summed E-state index contributed by atoms with van der Waals surface area (Å²) in [7, 11) is 3.17. The molecular formula is C18H17F3N2O2. The summed E-state index contributed by atoms with van der Waals surface area (Å²) in [6.45, 7) is -0.129. The maximum absolute atomic E-state index is 12.6. The third-order valence-corrected chi connectivity index (χ3v) is 3.57. The van der Waals surface area contributed by atoms with E-state index in [9.17, 15) is 22.8 Å². The van der Waals surface area contributed by atoms with Crippen LogP contribution in [0.1, 0.15) is 15.9 Å². The average molecular weight is 350 g/mol. The van der Waals surface area contributed by atoms with Crippen LogP contribution in [0.3, 0.4) is 0 Å². The molecule has 0 spiro atoms. The average Bonchev–Trinajstić information content (AvgIpc) is 2.58. The summed E-state index contributed by atoms with van der Waals surface area (Å²) in [6, 6.07) is 11.2. The SMILES string of the molecule is CN(C)C(=O)CNC(=O)c1cccc(-c2ccc(C(F)(F)F)cc2)c1. The fourth-order valence-corrected chi connectivity index (χ4v) is 2.11. The van der Waals surface area contributed by atoms with Crippen LogP contribution >= 0.6 is 0 Å². The van der Waals surface area contributed by atoms with Gasteiger partial charge in [0, 0.05) is 19.7 Å². The first-order valence-corrected chi connectivity index (χ1v) is 7.44. The second-order valence-corrected chi connectivity index (χ2v) is 5.63. The van der Waals surface area contributed by atoms with Crippen molar-refractivity contribution in [3.63, 3.8) is 0 Å². The Kier molecular flexibility index (Phi) is 5.46. The number of hydrogen-bond acceptors (Lipinski definition) is 2. The summed E-state index contributed by atoms with van der Waals surface area (Å²) < 4.78 is 37.8. The van der Waals surface area contributed by atoms with Gasteiger partial charge in [0.05, 0.1) is 12.1 Å². The minimum atomic E-state index is -4.39. The Balaban J connectivity index is 2.15. The third kappa shape index (κ3) is 4.82. The minimum Gasteiger partial charge on any atom is -0.347 e. The van der Waals surface area contributed by atoms with Crippen LogP contribution in [0.4, 0.5) is 13.2 Å². The lowest BCUT2D eigenvalue weighted by Crippen LogP contribution is -2.36. The number of nitrogens with one attached hydrogen (secondary N) is 1. The number of carbonyl (C=O) groups is 2. The Morgan fingerprint density at radius 2 is 1.64 bits per heavy atom. The van der Waals surface area contributed by atoms with Crippen LogP contribution in [-0.2, 0) is 11.0 Å². The number of carbonyl (C=O) groups excluding carboxylic acids is 2. The molecule has 0 radical (unpaired) electrons. The molecule has 2 aromatic carbocycles. The standard InChI is InChI=1S/C18H17F3N2O2/c1-23(2)16(24)11-22-17(25)14-5-3-4-13(10-14)12-6-8-15(9-7-12)18(19,20)21/h3-10H,11H2,1-2H3,(H,22,25). The van der Waals surface area contributed by atoms with Crippen molar-refractivity contribution in [2.75, 3.05) is 20.6 Å². The van der Waals surface area contributed by atoms with Gasteiger partial charge in [-0.15, -0.1) is 0 Å². The molecule has 0 unspecified atom stereocenters. The number of likely N-dealkylation sites (N-methyl/N-ethyl adjacent to an activating group) is 1. The summed E-state index contributed by atoms with van der Waals surface area (Å²) in [5.41, 5.74) is 0.767. The Morgan fingerprint density at radius 3 is 2.20 bits per heavy atom. The Labute approximate surface area is 143 Å². The van der Waals surface area contributed by atoms with Crippen LogP contribution in [0.25, 0.3) is 11.1 Å². The zero-order valence-electron chi connectivity index (χ0n) is 13.7. The van der Waals surface area contributed by atoms with Gasteiger partial charge in [-0.25, -0.2) is 0 Å². The minimum absolute atomic E-state index is 0.129. The molecule has 2 rings (SSSR count). The molecule has 0 aliphatic heterocycles. The summed E-state index contributed by atoms with van der Waals surface area (Å²) in [4.78, 5) is 25.0. The highest BCUT2D eigenvalue weighted by atomic mass is 19.4. The van der Waals surface area contributed by atoms with Crippen molar-refractivity contribution in [2.45, 2.75) is 6.18 Å². The molecule has 0 aromatic heterocycles. The highest BCUT2D eigenvalue weighted by Crippen LogP contribution is 2.31. The number of hydrogen-bond donors (Lipinski definition) is 1. The van der Waals surface area contributed by atoms with E-state index >= 15 is 0 Å². The van der Waals surface area contributed by atoms with E-state index in [2.05, 4.69) is 5.32 Å². The first-order valence-electron chi connectivity index (χ1n) is 7.44. The van der Waals surface area contributed by atoms with Crippen molar-refractivity contribution in [1.82, 2.24) is 10.2 Å². The predicted octanol–water partition coefficient (Wildman–Crippen LogP) is 3.19. The van der Waals surface area contributed by atoms with Gasteiger partial charge in [0.1, 0.15) is 0 Å². The first kappa shape index (κ1) is 18.5. The zero-order chi connectivity index (χ0) is 18.6. The number of rotatable bonds is 4. The van der Waals surface area contributed by atoms with Crippen molar-refractivity contribution in [3.05, 3.63) is 59.7 Å². The summed E-state index contributed by atoms with van der Waals surface area (Å²) in [5.74, 6) is -0.670. The van der Waals surface area contributed by atoms with Crippen molar-refractivity contribution in [1.29, 1.82) is 0 Å². The van der Waals surface area contributed by atoms with E-state index < -0.39 is 17.6 Å². The second-order valence-electron chi connectivity index (χ2n) is 5.63. The van der Waals surface area contributed by atoms with Crippen LogP contribution in [-0.4, -0.2) is 37.4 Å². The van der Waals surface area contributed by atoms with E-state index in [1.54, 1.807) is 38.4 Å². The second kappa shape index (κ2) is 7.38. The topological polar surface area (TPSA) is 49.4 Å². The van der Waals surface area contributed by atoms with E-state index in [4.69, 9.17) is 0 Å². The van der Waals surface area contributed by atoms with Gasteiger partial charge in [-0.1, -0.05) is 24.3 Å². The summed E-state index contributed by atoms with van der Waals surface area (Å²) in [5, 5.41) is 2.51. The van der Waals surface area contributed by atoms with Gasteiger partial charge in [0.2, 0.25) is 5.91 Å². The lowest BCUT2D eigenvalue weighted by atomic mass is 10.0. The quantitative estimate of drug-likeness (QED) is 0.921. The predicted molar refractivity (Wildman–Crippen MR) is 87.9 cm³/mol. The van der Waals surface area contributed by atoms with Crippen LogP contribution < -0.4 is 5.32 Å². The Bertz CT molecular complexity index is 769. The van der Waals surface area contributed by atoms with E-state index in [1.807, 2.05) is 0 Å². The largest absolute Gasteiger partial charge is 0.416 e. The normalized spacial score (nSPS) is 11.1. The molecule has 0 saturated heterocycles. The van der Waals surface area contributed by atoms with E-state index in [1.165, 1.54) is 17.0 Å². The number of alkyl halides is 3. The molecule has 25 heavy (non-hydrogen) atoms. The maximum atomic E-state index is 12.6. The Morgan fingerprint density at radius 1 is 1.00 bits per heavy atom. The fraction of sp³-hybridized carbons (Fsp3) is 0.222. The summed E-state index contributed by atoms with van der Waals surface area (Å²) >= 11 is 0. The van der Waals surface area contributed by atoms with Gasteiger partial charge in [-0.2, -0.15) is 13.2 Å². The molecular weight excluding hydrogens is 333 g/mol. The monoisotopic (exact) mass is 350 g/mol. The molecule has 0 atom stereocenters. The third-order valence-electron chi connectivity index (χ3n) is 3.57. The van der Waals surface area contributed by atoms with E-state index in [-0.39, 0.29) is 12.5 Å². The van der Waals surface area contributed by atoms with E-state index in [0.717, 1.165) is 12.1 Å². The molecule has 0 aliphatic rings. The van der Waals surface area contributed by atoms with Gasteiger partial charge in [-0.3, -0.25) is 9.59 Å². The van der Waals surface area contributed by atoms with Gasteiger partial charge < -0.3 is 10.2 Å². The lowest BCUT2D eigenvalue weighted by Gasteiger charge is -2.11. The molecule has 1 N–H and O–H groups in total. The van der Waals surface area contributed by atoms with Gasteiger partial charge >= 0.3 is 6.18 Å². The molecule has 0 bridgehead atoms. The van der Waals surface area contributed by atoms with Gasteiger partial charge in [0.15, 0.2) is 0 Å². The molecule has 4 nitrogen and oxygen atoms in total. The fourth-order valence-electron chi connectivity index (χ4n) is 2.11. The van der Waals surface area contributed by atoms with Gasteiger partial charge in [0.25, 0.3) is 5.91 Å². The smallest absolute Gasteiger partial charge is 0.347 e. The van der Waals surface area contributed by atoms with E-state index in [0.29, 0.717) is 16.7 Å².